The van der Waals surface area contributed by atoms with Crippen LogP contribution in [0.15, 0.2) is 54.6 Å². The Morgan fingerprint density at radius 3 is 2.35 bits per heavy atom. The van der Waals surface area contributed by atoms with Crippen LogP contribution in [0.5, 0.6) is 11.5 Å². The van der Waals surface area contributed by atoms with E-state index < -0.39 is 0 Å². The zero-order valence-electron chi connectivity index (χ0n) is 13.7. The summed E-state index contributed by atoms with van der Waals surface area (Å²) in [6.07, 6.45) is 0. The molecule has 0 spiro atoms. The lowest BCUT2D eigenvalue weighted by molar-refractivity contribution is 0.114. The lowest BCUT2D eigenvalue weighted by Crippen LogP contribution is -2.47. The Bertz CT molecular complexity index is 609. The lowest BCUT2D eigenvalue weighted by atomic mass is 10.0. The Kier molecular flexibility index (Phi) is 5.28. The molecule has 2 aromatic carbocycles. The molecule has 1 aliphatic rings. The summed E-state index contributed by atoms with van der Waals surface area (Å²) in [6.45, 7) is 4.93. The molecule has 1 fully saturated rings. The molecular weight excluding hydrogens is 286 g/mol. The van der Waals surface area contributed by atoms with Crippen LogP contribution in [0.2, 0.25) is 0 Å². The van der Waals surface area contributed by atoms with Gasteiger partial charge in [0.1, 0.15) is 11.5 Å². The van der Waals surface area contributed by atoms with Crippen LogP contribution in [-0.2, 0) is 0 Å². The second-order valence-corrected chi connectivity index (χ2v) is 6.08. The minimum Gasteiger partial charge on any atom is -0.457 e. The second kappa shape index (κ2) is 7.59. The molecule has 1 aliphatic heterocycles. The Balaban J connectivity index is 1.74. The van der Waals surface area contributed by atoms with Crippen molar-refractivity contribution in [3.63, 3.8) is 0 Å². The average molecular weight is 311 g/mol. The number of nitrogens with zero attached hydrogens (tertiary/aromatic N) is 2. The van der Waals surface area contributed by atoms with Crippen LogP contribution in [-0.4, -0.2) is 49.6 Å². The number of likely N-dealkylation sites (N-methyl/N-ethyl adjacent to an activating group) is 1. The molecule has 1 saturated heterocycles. The van der Waals surface area contributed by atoms with Gasteiger partial charge in [-0.2, -0.15) is 0 Å². The Morgan fingerprint density at radius 2 is 1.65 bits per heavy atom. The number of piperazine rings is 1. The van der Waals surface area contributed by atoms with Gasteiger partial charge in [-0.25, -0.2) is 0 Å². The highest BCUT2D eigenvalue weighted by atomic mass is 16.5. The summed E-state index contributed by atoms with van der Waals surface area (Å²) in [4.78, 5) is 4.83. The molecule has 4 nitrogen and oxygen atoms in total. The third-order valence-corrected chi connectivity index (χ3v) is 4.42. The third kappa shape index (κ3) is 4.10. The van der Waals surface area contributed by atoms with E-state index in [1.165, 1.54) is 5.56 Å². The SMILES string of the molecule is CN1CCN(C(CN)c2cccc(Oc3ccccc3)c2)CC1. The van der Waals surface area contributed by atoms with Crippen LogP contribution in [0.1, 0.15) is 11.6 Å². The van der Waals surface area contributed by atoms with Gasteiger partial charge in [0.2, 0.25) is 0 Å². The van der Waals surface area contributed by atoms with Crippen LogP contribution >= 0.6 is 0 Å². The molecule has 0 radical (unpaired) electrons. The first-order valence-electron chi connectivity index (χ1n) is 8.22. The number of hydrogen-bond acceptors (Lipinski definition) is 4. The number of benzene rings is 2. The van der Waals surface area contributed by atoms with E-state index in [2.05, 4.69) is 29.0 Å². The summed E-state index contributed by atoms with van der Waals surface area (Å²) in [6, 6.07) is 18.4. The zero-order chi connectivity index (χ0) is 16.1. The molecule has 0 aliphatic carbocycles. The molecular formula is C19H25N3O. The fourth-order valence-corrected chi connectivity index (χ4v) is 3.04. The van der Waals surface area contributed by atoms with Gasteiger partial charge in [-0.15, -0.1) is 0 Å². The average Bonchev–Trinajstić information content (AvgIpc) is 2.59. The number of hydrogen-bond donors (Lipinski definition) is 1. The molecule has 0 amide bonds. The summed E-state index contributed by atoms with van der Waals surface area (Å²) in [5.74, 6) is 1.72. The number of nitrogens with two attached hydrogens (primary N) is 1. The maximum Gasteiger partial charge on any atom is 0.127 e. The zero-order valence-corrected chi connectivity index (χ0v) is 13.7. The van der Waals surface area contributed by atoms with E-state index in [9.17, 15) is 0 Å². The van der Waals surface area contributed by atoms with E-state index in [-0.39, 0.29) is 6.04 Å². The minimum atomic E-state index is 0.253. The minimum absolute atomic E-state index is 0.253. The highest BCUT2D eigenvalue weighted by Crippen LogP contribution is 2.27. The van der Waals surface area contributed by atoms with E-state index in [1.807, 2.05) is 42.5 Å². The molecule has 0 aromatic heterocycles. The summed E-state index contributed by atoms with van der Waals surface area (Å²) >= 11 is 0. The van der Waals surface area contributed by atoms with Crippen molar-refractivity contribution in [2.45, 2.75) is 6.04 Å². The lowest BCUT2D eigenvalue weighted by Gasteiger charge is -2.37. The smallest absolute Gasteiger partial charge is 0.127 e. The van der Waals surface area contributed by atoms with Gasteiger partial charge in [-0.1, -0.05) is 30.3 Å². The fraction of sp³-hybridized carbons (Fsp3) is 0.368. The van der Waals surface area contributed by atoms with Crippen molar-refractivity contribution >= 4 is 0 Å². The van der Waals surface area contributed by atoms with Crippen LogP contribution in [0.25, 0.3) is 0 Å². The highest BCUT2D eigenvalue weighted by molar-refractivity contribution is 5.35. The van der Waals surface area contributed by atoms with E-state index in [0.717, 1.165) is 37.7 Å². The van der Waals surface area contributed by atoms with Gasteiger partial charge >= 0.3 is 0 Å². The standard InChI is InChI=1S/C19H25N3O/c1-21-10-12-22(13-11-21)19(15-20)16-6-5-9-18(14-16)23-17-7-3-2-4-8-17/h2-9,14,19H,10-13,15,20H2,1H3. The van der Waals surface area contributed by atoms with Crippen LogP contribution in [0.4, 0.5) is 0 Å². The molecule has 2 N–H and O–H groups in total. The molecule has 4 heteroatoms. The molecule has 1 atom stereocenters. The van der Waals surface area contributed by atoms with Gasteiger partial charge in [0.25, 0.3) is 0 Å². The van der Waals surface area contributed by atoms with Gasteiger partial charge < -0.3 is 15.4 Å². The van der Waals surface area contributed by atoms with Gasteiger partial charge in [-0.3, -0.25) is 4.90 Å². The molecule has 0 saturated carbocycles. The highest BCUT2D eigenvalue weighted by Gasteiger charge is 2.23. The van der Waals surface area contributed by atoms with E-state index in [1.54, 1.807) is 0 Å². The summed E-state index contributed by atoms with van der Waals surface area (Å²) in [7, 11) is 2.17. The first-order chi connectivity index (χ1) is 11.3. The number of rotatable bonds is 5. The molecule has 23 heavy (non-hydrogen) atoms. The molecule has 3 rings (SSSR count). The third-order valence-electron chi connectivity index (χ3n) is 4.42. The second-order valence-electron chi connectivity index (χ2n) is 6.08. The fourth-order valence-electron chi connectivity index (χ4n) is 3.04. The maximum atomic E-state index is 6.08. The monoisotopic (exact) mass is 311 g/mol. The summed E-state index contributed by atoms with van der Waals surface area (Å²) in [5, 5.41) is 0. The molecule has 2 aromatic rings. The van der Waals surface area contributed by atoms with Crippen LogP contribution < -0.4 is 10.5 Å². The van der Waals surface area contributed by atoms with Crippen molar-refractivity contribution in [3.8, 4) is 11.5 Å². The molecule has 122 valence electrons. The van der Waals surface area contributed by atoms with Gasteiger partial charge in [0.05, 0.1) is 0 Å². The van der Waals surface area contributed by atoms with E-state index in [4.69, 9.17) is 10.5 Å². The van der Waals surface area contributed by atoms with E-state index >= 15 is 0 Å². The van der Waals surface area contributed by atoms with Crippen molar-refractivity contribution in [1.29, 1.82) is 0 Å². The molecule has 1 heterocycles. The number of ether oxygens (including phenoxy) is 1. The molecule has 0 bridgehead atoms. The summed E-state index contributed by atoms with van der Waals surface area (Å²) in [5.41, 5.74) is 7.30. The molecule has 1 unspecified atom stereocenters. The van der Waals surface area contributed by atoms with Crippen molar-refractivity contribution in [2.75, 3.05) is 39.8 Å². The maximum absolute atomic E-state index is 6.08. The Labute approximate surface area is 138 Å². The van der Waals surface area contributed by atoms with Gasteiger partial charge in [0, 0.05) is 38.8 Å². The van der Waals surface area contributed by atoms with Gasteiger partial charge in [0.15, 0.2) is 0 Å². The first kappa shape index (κ1) is 16.0. The van der Waals surface area contributed by atoms with E-state index in [0.29, 0.717) is 6.54 Å². The normalized spacial score (nSPS) is 17.8. The van der Waals surface area contributed by atoms with Crippen molar-refractivity contribution in [2.24, 2.45) is 5.73 Å². The first-order valence-corrected chi connectivity index (χ1v) is 8.22. The van der Waals surface area contributed by atoms with Gasteiger partial charge in [-0.05, 0) is 36.9 Å². The van der Waals surface area contributed by atoms with Crippen LogP contribution in [0, 0.1) is 0 Å². The van der Waals surface area contributed by atoms with Crippen LogP contribution in [0.3, 0.4) is 0 Å². The van der Waals surface area contributed by atoms with Crippen molar-refractivity contribution in [1.82, 2.24) is 9.80 Å². The quantitative estimate of drug-likeness (QED) is 0.922. The largest absolute Gasteiger partial charge is 0.457 e. The predicted octanol–water partition coefficient (Wildman–Crippen LogP) is 2.73. The Hall–Kier alpha value is -1.88. The van der Waals surface area contributed by atoms with Crippen molar-refractivity contribution in [3.05, 3.63) is 60.2 Å². The predicted molar refractivity (Wildman–Crippen MR) is 93.8 cm³/mol. The topological polar surface area (TPSA) is 41.7 Å². The number of para-hydroxylation sites is 1. The van der Waals surface area contributed by atoms with Crippen molar-refractivity contribution < 1.29 is 4.74 Å². The Morgan fingerprint density at radius 1 is 0.957 bits per heavy atom. The summed E-state index contributed by atoms with van der Waals surface area (Å²) < 4.78 is 5.95.